The lowest BCUT2D eigenvalue weighted by atomic mass is 9.91. The molecule has 0 aromatic carbocycles. The van der Waals surface area contributed by atoms with Gasteiger partial charge in [-0.15, -0.1) is 0 Å². The SMILES string of the molecule is CCC=C1B(OC)C1=CCC. The third-order valence-corrected chi connectivity index (χ3v) is 1.90. The van der Waals surface area contributed by atoms with Gasteiger partial charge in [-0.25, -0.2) is 0 Å². The third-order valence-electron chi connectivity index (χ3n) is 1.90. The first kappa shape index (κ1) is 8.60. The minimum atomic E-state index is 0.329. The van der Waals surface area contributed by atoms with E-state index in [9.17, 15) is 0 Å². The zero-order valence-corrected chi connectivity index (χ0v) is 7.55. The minimum Gasteiger partial charge on any atom is -0.430 e. The normalized spacial score (nSPS) is 23.4. The zero-order chi connectivity index (χ0) is 8.27. The molecule has 11 heavy (non-hydrogen) atoms. The van der Waals surface area contributed by atoms with Gasteiger partial charge in [0.2, 0.25) is 0 Å². The van der Waals surface area contributed by atoms with Crippen molar-refractivity contribution in [1.29, 1.82) is 0 Å². The van der Waals surface area contributed by atoms with Crippen molar-refractivity contribution in [3.63, 3.8) is 0 Å². The van der Waals surface area contributed by atoms with Crippen molar-refractivity contribution < 1.29 is 4.65 Å². The van der Waals surface area contributed by atoms with Gasteiger partial charge in [-0.3, -0.25) is 0 Å². The van der Waals surface area contributed by atoms with E-state index < -0.39 is 0 Å². The number of hydrogen-bond acceptors (Lipinski definition) is 1. The van der Waals surface area contributed by atoms with Gasteiger partial charge in [0.05, 0.1) is 0 Å². The van der Waals surface area contributed by atoms with Gasteiger partial charge in [0, 0.05) is 7.11 Å². The highest BCUT2D eigenvalue weighted by molar-refractivity contribution is 6.85. The Morgan fingerprint density at radius 1 is 1.18 bits per heavy atom. The van der Waals surface area contributed by atoms with E-state index >= 15 is 0 Å². The summed E-state index contributed by atoms with van der Waals surface area (Å²) < 4.78 is 5.25. The van der Waals surface area contributed by atoms with Crippen LogP contribution in [-0.2, 0) is 4.65 Å². The fourth-order valence-electron chi connectivity index (χ4n) is 1.38. The van der Waals surface area contributed by atoms with Crippen molar-refractivity contribution in [2.45, 2.75) is 26.7 Å². The van der Waals surface area contributed by atoms with E-state index in [0.29, 0.717) is 6.92 Å². The molecule has 1 rings (SSSR count). The van der Waals surface area contributed by atoms with Crippen LogP contribution in [-0.4, -0.2) is 14.0 Å². The maximum Gasteiger partial charge on any atom is 0.359 e. The second-order valence-corrected chi connectivity index (χ2v) is 2.75. The van der Waals surface area contributed by atoms with Gasteiger partial charge in [0.15, 0.2) is 0 Å². The molecule has 1 aliphatic heterocycles. The van der Waals surface area contributed by atoms with Gasteiger partial charge >= 0.3 is 6.92 Å². The number of rotatable bonds is 3. The van der Waals surface area contributed by atoms with E-state index in [-0.39, 0.29) is 0 Å². The van der Waals surface area contributed by atoms with Crippen LogP contribution >= 0.6 is 0 Å². The molecular formula is C9H15BO. The molecule has 0 atom stereocenters. The highest BCUT2D eigenvalue weighted by Crippen LogP contribution is 2.36. The molecule has 0 saturated carbocycles. The van der Waals surface area contributed by atoms with Crippen LogP contribution in [0.3, 0.4) is 0 Å². The molecule has 1 saturated heterocycles. The van der Waals surface area contributed by atoms with E-state index in [1.165, 1.54) is 10.9 Å². The summed E-state index contributed by atoms with van der Waals surface area (Å²) in [4.78, 5) is 0. The van der Waals surface area contributed by atoms with E-state index in [0.717, 1.165) is 12.8 Å². The largest absolute Gasteiger partial charge is 0.430 e. The molecule has 60 valence electrons. The van der Waals surface area contributed by atoms with E-state index in [1.807, 2.05) is 0 Å². The molecule has 1 heterocycles. The Labute approximate surface area is 69.2 Å². The van der Waals surface area contributed by atoms with Crippen LogP contribution < -0.4 is 0 Å². The Bertz CT molecular complexity index is 174. The van der Waals surface area contributed by atoms with Crippen molar-refractivity contribution in [2.24, 2.45) is 0 Å². The fraction of sp³-hybridized carbons (Fsp3) is 0.556. The monoisotopic (exact) mass is 150 g/mol. The lowest BCUT2D eigenvalue weighted by Crippen LogP contribution is -1.91. The first-order valence-corrected chi connectivity index (χ1v) is 4.28. The highest BCUT2D eigenvalue weighted by atomic mass is 16.4. The van der Waals surface area contributed by atoms with Crippen molar-refractivity contribution in [3.05, 3.63) is 23.1 Å². The van der Waals surface area contributed by atoms with Gasteiger partial charge in [-0.05, 0) is 12.8 Å². The van der Waals surface area contributed by atoms with Gasteiger partial charge in [-0.1, -0.05) is 36.9 Å². The van der Waals surface area contributed by atoms with Crippen molar-refractivity contribution in [1.82, 2.24) is 0 Å². The summed E-state index contributed by atoms with van der Waals surface area (Å²) in [7, 11) is 1.77. The van der Waals surface area contributed by atoms with Crippen molar-refractivity contribution in [2.75, 3.05) is 7.11 Å². The maximum atomic E-state index is 5.25. The summed E-state index contributed by atoms with van der Waals surface area (Å²) in [5.74, 6) is 0. The topological polar surface area (TPSA) is 9.23 Å². The van der Waals surface area contributed by atoms with Gasteiger partial charge in [0.1, 0.15) is 0 Å². The standard InChI is InChI=1S/C9H15BO/c1-4-6-8-9(7-5-2)10(8)11-3/h6-7H,4-5H2,1-3H3. The summed E-state index contributed by atoms with van der Waals surface area (Å²) in [6.07, 6.45) is 6.71. The smallest absolute Gasteiger partial charge is 0.359 e. The predicted molar refractivity (Wildman–Crippen MR) is 49.5 cm³/mol. The molecule has 0 spiro atoms. The van der Waals surface area contributed by atoms with Gasteiger partial charge < -0.3 is 4.65 Å². The molecular weight excluding hydrogens is 135 g/mol. The molecule has 0 aromatic heterocycles. The molecule has 1 nitrogen and oxygen atoms in total. The fourth-order valence-corrected chi connectivity index (χ4v) is 1.38. The molecule has 0 unspecified atom stereocenters. The predicted octanol–water partition coefficient (Wildman–Crippen LogP) is 2.39. The summed E-state index contributed by atoms with van der Waals surface area (Å²) in [6, 6.07) is 0. The average molecular weight is 150 g/mol. The summed E-state index contributed by atoms with van der Waals surface area (Å²) in [5.41, 5.74) is 2.80. The molecule has 0 aromatic rings. The molecule has 0 bridgehead atoms. The molecule has 0 aliphatic carbocycles. The van der Waals surface area contributed by atoms with Crippen molar-refractivity contribution >= 4 is 6.92 Å². The van der Waals surface area contributed by atoms with Crippen molar-refractivity contribution in [3.8, 4) is 0 Å². The quantitative estimate of drug-likeness (QED) is 0.561. The van der Waals surface area contributed by atoms with Crippen LogP contribution in [0.15, 0.2) is 23.1 Å². The number of hydrogen-bond donors (Lipinski definition) is 0. The second-order valence-electron chi connectivity index (χ2n) is 2.75. The molecule has 0 N–H and O–H groups in total. The van der Waals surface area contributed by atoms with Crippen LogP contribution in [0.5, 0.6) is 0 Å². The van der Waals surface area contributed by atoms with E-state index in [2.05, 4.69) is 26.0 Å². The Hall–Kier alpha value is -0.495. The molecule has 2 heteroatoms. The minimum absolute atomic E-state index is 0.329. The van der Waals surface area contributed by atoms with E-state index in [1.54, 1.807) is 7.11 Å². The maximum absolute atomic E-state index is 5.25. The first-order valence-electron chi connectivity index (χ1n) is 4.28. The van der Waals surface area contributed by atoms with E-state index in [4.69, 9.17) is 4.65 Å². The summed E-state index contributed by atoms with van der Waals surface area (Å²) in [6.45, 7) is 4.64. The Balaban J connectivity index is 2.59. The van der Waals surface area contributed by atoms with Gasteiger partial charge in [-0.2, -0.15) is 0 Å². The molecule has 0 radical (unpaired) electrons. The van der Waals surface area contributed by atoms with Crippen LogP contribution in [0, 0.1) is 0 Å². The lowest BCUT2D eigenvalue weighted by Gasteiger charge is -1.79. The first-order chi connectivity index (χ1) is 5.35. The zero-order valence-electron chi connectivity index (χ0n) is 7.55. The average Bonchev–Trinajstić information content (AvgIpc) is 2.65. The molecule has 0 amide bonds. The Kier molecular flexibility index (Phi) is 2.95. The van der Waals surface area contributed by atoms with Crippen LogP contribution in [0.1, 0.15) is 26.7 Å². The molecule has 1 fully saturated rings. The summed E-state index contributed by atoms with van der Waals surface area (Å²) in [5, 5.41) is 0. The van der Waals surface area contributed by atoms with Crippen LogP contribution in [0.25, 0.3) is 0 Å². The molecule has 1 aliphatic rings. The van der Waals surface area contributed by atoms with Gasteiger partial charge in [0.25, 0.3) is 0 Å². The lowest BCUT2D eigenvalue weighted by molar-refractivity contribution is 0.444. The Morgan fingerprint density at radius 2 is 1.64 bits per heavy atom. The Morgan fingerprint density at radius 3 is 1.91 bits per heavy atom. The highest BCUT2D eigenvalue weighted by Gasteiger charge is 2.42. The van der Waals surface area contributed by atoms with Crippen LogP contribution in [0.4, 0.5) is 0 Å². The number of allylic oxidation sites excluding steroid dienone is 4. The third kappa shape index (κ3) is 1.75. The van der Waals surface area contributed by atoms with Crippen LogP contribution in [0.2, 0.25) is 0 Å². The summed E-state index contributed by atoms with van der Waals surface area (Å²) >= 11 is 0. The second kappa shape index (κ2) is 3.77.